The van der Waals surface area contributed by atoms with E-state index in [0.29, 0.717) is 18.1 Å². The molecule has 0 N–H and O–H groups in total. The van der Waals surface area contributed by atoms with Gasteiger partial charge in [-0.05, 0) is 24.1 Å². The van der Waals surface area contributed by atoms with Crippen molar-refractivity contribution in [2.45, 2.75) is 38.1 Å². The van der Waals surface area contributed by atoms with E-state index in [2.05, 4.69) is 4.99 Å². The Bertz CT molecular complexity index is 793. The van der Waals surface area contributed by atoms with Gasteiger partial charge in [0.1, 0.15) is 5.82 Å². The quantitative estimate of drug-likeness (QED) is 0.798. The first-order chi connectivity index (χ1) is 11.8. The Morgan fingerprint density at radius 1 is 1.36 bits per heavy atom. The van der Waals surface area contributed by atoms with Crippen LogP contribution in [0.2, 0.25) is 0 Å². The third-order valence-electron chi connectivity index (χ3n) is 4.68. The SMILES string of the molecule is CC[C@H](C)C(=O)N=C1S[C@H]2CS(=O)(=O)C[C@@H]2N1Cc1ccc(F)cc1. The molecule has 0 aromatic heterocycles. The molecule has 2 aliphatic rings. The van der Waals surface area contributed by atoms with E-state index < -0.39 is 9.84 Å². The topological polar surface area (TPSA) is 66.8 Å². The van der Waals surface area contributed by atoms with Gasteiger partial charge in [-0.2, -0.15) is 4.99 Å². The molecule has 2 saturated heterocycles. The molecule has 0 radical (unpaired) electrons. The molecule has 1 aromatic carbocycles. The van der Waals surface area contributed by atoms with Gasteiger partial charge in [0.25, 0.3) is 5.91 Å². The van der Waals surface area contributed by atoms with Gasteiger partial charge in [0.15, 0.2) is 15.0 Å². The molecular formula is C17H21FN2O3S2. The summed E-state index contributed by atoms with van der Waals surface area (Å²) in [5.41, 5.74) is 0.857. The van der Waals surface area contributed by atoms with Crippen LogP contribution in [0.5, 0.6) is 0 Å². The minimum absolute atomic E-state index is 0.0718. The van der Waals surface area contributed by atoms with Gasteiger partial charge in [0.05, 0.1) is 17.5 Å². The van der Waals surface area contributed by atoms with Crippen molar-refractivity contribution >= 4 is 32.7 Å². The molecule has 0 saturated carbocycles. The van der Waals surface area contributed by atoms with Crippen LogP contribution < -0.4 is 0 Å². The molecule has 8 heteroatoms. The zero-order chi connectivity index (χ0) is 18.2. The third-order valence-corrected chi connectivity index (χ3v) is 7.93. The van der Waals surface area contributed by atoms with E-state index in [0.717, 1.165) is 5.56 Å². The number of nitrogens with zero attached hydrogens (tertiary/aromatic N) is 2. The summed E-state index contributed by atoms with van der Waals surface area (Å²) in [5.74, 6) is -0.482. The summed E-state index contributed by atoms with van der Waals surface area (Å²) >= 11 is 1.37. The molecule has 1 amide bonds. The summed E-state index contributed by atoms with van der Waals surface area (Å²) in [5, 5.41) is 0.480. The Morgan fingerprint density at radius 3 is 2.68 bits per heavy atom. The van der Waals surface area contributed by atoms with E-state index in [1.54, 1.807) is 12.1 Å². The van der Waals surface area contributed by atoms with Crippen LogP contribution in [0.1, 0.15) is 25.8 Å². The minimum Gasteiger partial charge on any atom is -0.342 e. The normalized spacial score (nSPS) is 27.5. The second kappa shape index (κ2) is 7.07. The lowest BCUT2D eigenvalue weighted by Gasteiger charge is -2.24. The second-order valence-corrected chi connectivity index (χ2v) is 9.96. The number of hydrogen-bond donors (Lipinski definition) is 0. The maximum Gasteiger partial charge on any atom is 0.250 e. The molecule has 1 aromatic rings. The molecule has 5 nitrogen and oxygen atoms in total. The summed E-state index contributed by atoms with van der Waals surface area (Å²) in [6.07, 6.45) is 0.708. The highest BCUT2D eigenvalue weighted by Gasteiger charge is 2.48. The number of benzene rings is 1. The van der Waals surface area contributed by atoms with Crippen LogP contribution in [0.4, 0.5) is 4.39 Å². The van der Waals surface area contributed by atoms with Crippen LogP contribution in [-0.2, 0) is 21.2 Å². The first kappa shape index (κ1) is 18.4. The van der Waals surface area contributed by atoms with E-state index >= 15 is 0 Å². The molecular weight excluding hydrogens is 363 g/mol. The molecule has 0 unspecified atom stereocenters. The molecule has 2 fully saturated rings. The molecule has 136 valence electrons. The minimum atomic E-state index is -3.07. The van der Waals surface area contributed by atoms with Gasteiger partial charge in [-0.25, -0.2) is 12.8 Å². The number of carbonyl (C=O) groups is 1. The molecule has 25 heavy (non-hydrogen) atoms. The number of fused-ring (bicyclic) bond motifs is 1. The number of thioether (sulfide) groups is 1. The molecule has 0 spiro atoms. The van der Waals surface area contributed by atoms with Gasteiger partial charge in [0, 0.05) is 17.7 Å². The molecule has 3 atom stereocenters. The van der Waals surface area contributed by atoms with E-state index in [1.165, 1.54) is 23.9 Å². The highest BCUT2D eigenvalue weighted by molar-refractivity contribution is 8.15. The molecule has 2 heterocycles. The Labute approximate surface area is 151 Å². The summed E-state index contributed by atoms with van der Waals surface area (Å²) in [6.45, 7) is 4.18. The smallest absolute Gasteiger partial charge is 0.250 e. The molecule has 3 rings (SSSR count). The number of amidine groups is 1. The van der Waals surface area contributed by atoms with Crippen LogP contribution in [0.25, 0.3) is 0 Å². The Balaban J connectivity index is 1.88. The Kier molecular flexibility index (Phi) is 5.20. The van der Waals surface area contributed by atoms with Crippen LogP contribution in [0, 0.1) is 11.7 Å². The van der Waals surface area contributed by atoms with Crippen LogP contribution >= 0.6 is 11.8 Å². The monoisotopic (exact) mass is 384 g/mol. The largest absolute Gasteiger partial charge is 0.342 e. The van der Waals surface area contributed by atoms with Gasteiger partial charge in [-0.15, -0.1) is 0 Å². The zero-order valence-corrected chi connectivity index (χ0v) is 15.8. The third kappa shape index (κ3) is 4.06. The van der Waals surface area contributed by atoms with Gasteiger partial charge in [0.2, 0.25) is 0 Å². The van der Waals surface area contributed by atoms with Crippen molar-refractivity contribution < 1.29 is 17.6 Å². The number of carbonyl (C=O) groups excluding carboxylic acids is 1. The van der Waals surface area contributed by atoms with Gasteiger partial charge in [-0.3, -0.25) is 4.79 Å². The average molecular weight is 384 g/mol. The maximum absolute atomic E-state index is 13.1. The summed E-state index contributed by atoms with van der Waals surface area (Å²) in [7, 11) is -3.07. The number of halogens is 1. The second-order valence-electron chi connectivity index (χ2n) is 6.60. The lowest BCUT2D eigenvalue weighted by Crippen LogP contribution is -2.37. The predicted octanol–water partition coefficient (Wildman–Crippen LogP) is 2.47. The fourth-order valence-corrected chi connectivity index (χ4v) is 6.94. The van der Waals surface area contributed by atoms with Crippen molar-refractivity contribution in [3.8, 4) is 0 Å². The van der Waals surface area contributed by atoms with Crippen LogP contribution in [0.3, 0.4) is 0 Å². The van der Waals surface area contributed by atoms with E-state index in [-0.39, 0.29) is 40.4 Å². The van der Waals surface area contributed by atoms with E-state index in [4.69, 9.17) is 0 Å². The lowest BCUT2D eigenvalue weighted by atomic mass is 10.1. The predicted molar refractivity (Wildman–Crippen MR) is 97.7 cm³/mol. The van der Waals surface area contributed by atoms with Gasteiger partial charge in [-0.1, -0.05) is 37.7 Å². The first-order valence-corrected chi connectivity index (χ1v) is 11.0. The van der Waals surface area contributed by atoms with Crippen molar-refractivity contribution in [2.24, 2.45) is 10.9 Å². The molecule has 2 aliphatic heterocycles. The summed E-state index contributed by atoms with van der Waals surface area (Å²) < 4.78 is 37.1. The van der Waals surface area contributed by atoms with Gasteiger partial charge < -0.3 is 4.90 Å². The van der Waals surface area contributed by atoms with Crippen molar-refractivity contribution in [3.63, 3.8) is 0 Å². The van der Waals surface area contributed by atoms with E-state index in [1.807, 2.05) is 18.7 Å². The van der Waals surface area contributed by atoms with E-state index in [9.17, 15) is 17.6 Å². The average Bonchev–Trinajstić information content (AvgIpc) is 3.01. The van der Waals surface area contributed by atoms with Crippen LogP contribution in [0.15, 0.2) is 29.3 Å². The Hall–Kier alpha value is -1.41. The molecule has 0 aliphatic carbocycles. The maximum atomic E-state index is 13.1. The van der Waals surface area contributed by atoms with Gasteiger partial charge >= 0.3 is 0 Å². The first-order valence-electron chi connectivity index (χ1n) is 8.29. The van der Waals surface area contributed by atoms with Crippen LogP contribution in [-0.4, -0.2) is 47.2 Å². The highest BCUT2D eigenvalue weighted by Crippen LogP contribution is 2.39. The number of hydrogen-bond acceptors (Lipinski definition) is 4. The number of aliphatic imine (C=N–C) groups is 1. The van der Waals surface area contributed by atoms with Crippen molar-refractivity contribution in [1.82, 2.24) is 4.90 Å². The number of amides is 1. The van der Waals surface area contributed by atoms with Crippen molar-refractivity contribution in [1.29, 1.82) is 0 Å². The fourth-order valence-electron chi connectivity index (χ4n) is 2.99. The lowest BCUT2D eigenvalue weighted by molar-refractivity contribution is -0.121. The zero-order valence-electron chi connectivity index (χ0n) is 14.2. The standard InChI is InChI=1S/C17H21FN2O3S2/c1-3-11(2)16(21)19-17-20(8-12-4-6-13(18)7-5-12)14-9-25(22,23)10-15(14)24-17/h4-7,11,14-15H,3,8-10H2,1-2H3/t11-,14-,15-/m0/s1. The number of rotatable bonds is 4. The number of sulfone groups is 1. The molecule has 0 bridgehead atoms. The van der Waals surface area contributed by atoms with Crippen molar-refractivity contribution in [3.05, 3.63) is 35.6 Å². The summed E-state index contributed by atoms with van der Waals surface area (Å²) in [6, 6.07) is 5.91. The Morgan fingerprint density at radius 2 is 2.04 bits per heavy atom. The highest BCUT2D eigenvalue weighted by atomic mass is 32.2. The summed E-state index contributed by atoms with van der Waals surface area (Å²) in [4.78, 5) is 18.4. The fraction of sp³-hybridized carbons (Fsp3) is 0.529. The van der Waals surface area contributed by atoms with Crippen molar-refractivity contribution in [2.75, 3.05) is 11.5 Å².